The van der Waals surface area contributed by atoms with E-state index in [0.29, 0.717) is 5.54 Å². The van der Waals surface area contributed by atoms with Crippen LogP contribution in [0.15, 0.2) is 42.0 Å². The van der Waals surface area contributed by atoms with Gasteiger partial charge in [-0.25, -0.2) is 0 Å². The van der Waals surface area contributed by atoms with Gasteiger partial charge in [-0.1, -0.05) is 61.1 Å². The van der Waals surface area contributed by atoms with Crippen molar-refractivity contribution in [3.8, 4) is 11.1 Å². The molecule has 0 saturated carbocycles. The van der Waals surface area contributed by atoms with Gasteiger partial charge in [0.2, 0.25) is 0 Å². The van der Waals surface area contributed by atoms with Crippen LogP contribution in [0.25, 0.3) is 17.2 Å². The molecule has 111 valence electrons. The fraction of sp³-hybridized carbons (Fsp3) is 0.333. The zero-order valence-electron chi connectivity index (χ0n) is 13.7. The van der Waals surface area contributed by atoms with Gasteiger partial charge in [-0.05, 0) is 65.1 Å². The number of benzene rings is 2. The first-order valence-electron chi connectivity index (χ1n) is 8.39. The van der Waals surface area contributed by atoms with Crippen LogP contribution < -0.4 is 0 Å². The van der Waals surface area contributed by atoms with Gasteiger partial charge >= 0.3 is 0 Å². The highest BCUT2D eigenvalue weighted by Crippen LogP contribution is 2.46. The van der Waals surface area contributed by atoms with Gasteiger partial charge in [0, 0.05) is 0 Å². The van der Waals surface area contributed by atoms with Crippen molar-refractivity contribution in [1.29, 1.82) is 0 Å². The highest BCUT2D eigenvalue weighted by atomic mass is 28.3. The van der Waals surface area contributed by atoms with Gasteiger partial charge in [-0.3, -0.25) is 0 Å². The van der Waals surface area contributed by atoms with Crippen LogP contribution in [0.4, 0.5) is 0 Å². The molecule has 0 nitrogen and oxygen atoms in total. The van der Waals surface area contributed by atoms with Gasteiger partial charge in [-0.15, -0.1) is 0 Å². The van der Waals surface area contributed by atoms with E-state index >= 15 is 0 Å². The molecule has 0 N–H and O–H groups in total. The molecule has 2 aromatic carbocycles. The lowest BCUT2D eigenvalue weighted by atomic mass is 9.89. The third-order valence-corrected chi connectivity index (χ3v) is 7.17. The van der Waals surface area contributed by atoms with Crippen LogP contribution in [0.2, 0.25) is 13.1 Å². The molecule has 0 amide bonds. The average molecular weight is 304 g/mol. The van der Waals surface area contributed by atoms with Crippen LogP contribution in [-0.4, -0.2) is 8.80 Å². The van der Waals surface area contributed by atoms with Gasteiger partial charge in [0.1, 0.15) is 0 Å². The van der Waals surface area contributed by atoms with E-state index in [1.165, 1.54) is 36.0 Å². The van der Waals surface area contributed by atoms with Crippen LogP contribution in [0.3, 0.4) is 0 Å². The third-order valence-electron chi connectivity index (χ3n) is 5.25. The van der Waals surface area contributed by atoms with Crippen LogP contribution >= 0.6 is 0 Å². The van der Waals surface area contributed by atoms with Crippen molar-refractivity contribution in [3.05, 3.63) is 64.2 Å². The highest BCUT2D eigenvalue weighted by molar-refractivity contribution is 6.58. The molecular weight excluding hydrogens is 280 g/mol. The maximum absolute atomic E-state index is 2.55. The molecule has 0 spiro atoms. The lowest BCUT2D eigenvalue weighted by Crippen LogP contribution is -2.15. The minimum atomic E-state index is -0.356. The molecule has 1 unspecified atom stereocenters. The second kappa shape index (κ2) is 5.24. The highest BCUT2D eigenvalue weighted by Gasteiger charge is 2.31. The zero-order chi connectivity index (χ0) is 15.3. The van der Waals surface area contributed by atoms with E-state index in [1.807, 2.05) is 0 Å². The van der Waals surface area contributed by atoms with E-state index in [4.69, 9.17) is 0 Å². The smallest absolute Gasteiger partial charge is 0.0551 e. The molecule has 0 aliphatic heterocycles. The van der Waals surface area contributed by atoms with Crippen LogP contribution in [0.1, 0.15) is 41.1 Å². The average Bonchev–Trinajstić information content (AvgIpc) is 3.08. The first-order valence-corrected chi connectivity index (χ1v) is 11.0. The summed E-state index contributed by atoms with van der Waals surface area (Å²) in [4.78, 5) is 0. The molecule has 1 heteroatoms. The summed E-state index contributed by atoms with van der Waals surface area (Å²) in [6.45, 7) is 7.25. The topological polar surface area (TPSA) is 0 Å². The van der Waals surface area contributed by atoms with Gasteiger partial charge in [0.15, 0.2) is 0 Å². The lowest BCUT2D eigenvalue weighted by Gasteiger charge is -2.21. The predicted molar refractivity (Wildman–Crippen MR) is 97.8 cm³/mol. The Hall–Kier alpha value is -1.60. The summed E-state index contributed by atoms with van der Waals surface area (Å²) < 4.78 is 0. The van der Waals surface area contributed by atoms with Crippen molar-refractivity contribution in [2.45, 2.75) is 44.8 Å². The molecule has 0 bridgehead atoms. The van der Waals surface area contributed by atoms with Crippen LogP contribution in [-0.2, 0) is 12.8 Å². The number of fused-ring (bicyclic) bond motifs is 2. The molecule has 1 radical (unpaired) electrons. The van der Waals surface area contributed by atoms with Crippen LogP contribution in [0, 0.1) is 0 Å². The fourth-order valence-electron chi connectivity index (χ4n) is 4.44. The zero-order valence-corrected chi connectivity index (χ0v) is 14.7. The fourth-order valence-corrected chi connectivity index (χ4v) is 6.29. The molecule has 1 atom stereocenters. The molecule has 0 aromatic heterocycles. The van der Waals surface area contributed by atoms with E-state index in [2.05, 4.69) is 62.5 Å². The number of aryl methyl sites for hydroxylation is 1. The molecule has 0 saturated heterocycles. The molecule has 2 aliphatic rings. The largest absolute Gasteiger partial charge is 0.0705 e. The van der Waals surface area contributed by atoms with Gasteiger partial charge < -0.3 is 0 Å². The molecule has 2 aromatic rings. The number of allylic oxidation sites excluding steroid dienone is 1. The van der Waals surface area contributed by atoms with Gasteiger partial charge in [0.05, 0.1) is 8.80 Å². The minimum absolute atomic E-state index is 0.356. The van der Waals surface area contributed by atoms with Crippen molar-refractivity contribution >= 4 is 14.9 Å². The number of hydrogen-bond acceptors (Lipinski definition) is 0. The van der Waals surface area contributed by atoms with Crippen molar-refractivity contribution in [3.63, 3.8) is 0 Å². The van der Waals surface area contributed by atoms with E-state index in [-0.39, 0.29) is 8.80 Å². The Labute approximate surface area is 135 Å². The minimum Gasteiger partial charge on any atom is -0.0705 e. The van der Waals surface area contributed by atoms with Crippen molar-refractivity contribution in [2.75, 3.05) is 0 Å². The van der Waals surface area contributed by atoms with E-state index < -0.39 is 0 Å². The van der Waals surface area contributed by atoms with Crippen molar-refractivity contribution < 1.29 is 0 Å². The van der Waals surface area contributed by atoms with Crippen molar-refractivity contribution in [1.82, 2.24) is 0 Å². The predicted octanol–water partition coefficient (Wildman–Crippen LogP) is 5.64. The number of rotatable bonds is 2. The Morgan fingerprint density at radius 2 is 1.82 bits per heavy atom. The molecule has 22 heavy (non-hydrogen) atoms. The quantitative estimate of drug-likeness (QED) is 0.630. The summed E-state index contributed by atoms with van der Waals surface area (Å²) in [6, 6.07) is 13.6. The summed E-state index contributed by atoms with van der Waals surface area (Å²) in [7, 11) is -0.356. The Morgan fingerprint density at radius 1 is 1.05 bits per heavy atom. The first-order chi connectivity index (χ1) is 10.7. The number of hydrogen-bond donors (Lipinski definition) is 0. The van der Waals surface area contributed by atoms with E-state index in [9.17, 15) is 0 Å². The SMILES string of the molecule is CC1=Cc2c(cc3c(c2-c2ccccc2)CCC3)C1[Si](C)C. The van der Waals surface area contributed by atoms with E-state index in [0.717, 1.165) is 0 Å². The Bertz CT molecular complexity index is 753. The summed E-state index contributed by atoms with van der Waals surface area (Å²) in [5, 5.41) is 0. The lowest BCUT2D eigenvalue weighted by molar-refractivity contribution is 0.911. The normalized spacial score (nSPS) is 19.3. The molecular formula is C21H23Si. The summed E-state index contributed by atoms with van der Waals surface area (Å²) >= 11 is 0. The Morgan fingerprint density at radius 3 is 2.55 bits per heavy atom. The third kappa shape index (κ3) is 2.03. The molecule has 0 fully saturated rings. The molecule has 0 heterocycles. The van der Waals surface area contributed by atoms with Gasteiger partial charge in [-0.2, -0.15) is 0 Å². The summed E-state index contributed by atoms with van der Waals surface area (Å²) in [5.41, 5.74) is 11.6. The Balaban J connectivity index is 2.01. The maximum Gasteiger partial charge on any atom is 0.0551 e. The van der Waals surface area contributed by atoms with E-state index in [1.54, 1.807) is 22.3 Å². The summed E-state index contributed by atoms with van der Waals surface area (Å²) in [5.74, 6) is 0. The monoisotopic (exact) mass is 303 g/mol. The second-order valence-electron chi connectivity index (χ2n) is 7.01. The van der Waals surface area contributed by atoms with Gasteiger partial charge in [0.25, 0.3) is 0 Å². The second-order valence-corrected chi connectivity index (χ2v) is 9.74. The van der Waals surface area contributed by atoms with Crippen molar-refractivity contribution in [2.24, 2.45) is 0 Å². The first kappa shape index (κ1) is 14.0. The molecule has 2 aliphatic carbocycles. The maximum atomic E-state index is 2.55. The standard InChI is InChI=1S/C21H23Si/c1-14-12-18-19(21(14)22(2)3)13-16-10-7-11-17(16)20(18)15-8-5-4-6-9-15/h4-6,8-9,12-13,21H,7,10-11H2,1-3H3. The molecule has 4 rings (SSSR count). The summed E-state index contributed by atoms with van der Waals surface area (Å²) in [6.07, 6.45) is 6.32. The van der Waals surface area contributed by atoms with Crippen LogP contribution in [0.5, 0.6) is 0 Å². The Kier molecular flexibility index (Phi) is 3.34.